The molecule has 10 heteroatoms. The SMILES string of the molecule is COc1ccc(Nc2nc(N)ncc2[N+](=O)[O-])c(OC)c1OC. The van der Waals surface area contributed by atoms with E-state index in [9.17, 15) is 10.1 Å². The second-order valence-corrected chi connectivity index (χ2v) is 4.23. The highest BCUT2D eigenvalue weighted by Crippen LogP contribution is 2.44. The molecular formula is C13H15N5O5. The zero-order valence-electron chi connectivity index (χ0n) is 12.7. The van der Waals surface area contributed by atoms with E-state index in [2.05, 4.69) is 15.3 Å². The monoisotopic (exact) mass is 321 g/mol. The van der Waals surface area contributed by atoms with Gasteiger partial charge < -0.3 is 25.3 Å². The summed E-state index contributed by atoms with van der Waals surface area (Å²) in [4.78, 5) is 17.9. The summed E-state index contributed by atoms with van der Waals surface area (Å²) in [5.74, 6) is 0.931. The van der Waals surface area contributed by atoms with E-state index in [4.69, 9.17) is 19.9 Å². The van der Waals surface area contributed by atoms with Crippen molar-refractivity contribution in [3.63, 3.8) is 0 Å². The summed E-state index contributed by atoms with van der Waals surface area (Å²) in [6, 6.07) is 3.24. The molecule has 0 amide bonds. The van der Waals surface area contributed by atoms with Crippen molar-refractivity contribution < 1.29 is 19.1 Å². The first-order chi connectivity index (χ1) is 11.0. The van der Waals surface area contributed by atoms with E-state index in [1.165, 1.54) is 21.3 Å². The standard InChI is InChI=1S/C13H15N5O5/c1-21-9-5-4-7(10(22-2)11(9)23-3)16-12-8(18(19)20)6-15-13(14)17-12/h4-6H,1-3H3,(H3,14,15,16,17). The van der Waals surface area contributed by atoms with Crippen molar-refractivity contribution in [2.75, 3.05) is 32.4 Å². The fourth-order valence-electron chi connectivity index (χ4n) is 1.94. The lowest BCUT2D eigenvalue weighted by Crippen LogP contribution is -2.05. The molecule has 0 spiro atoms. The van der Waals surface area contributed by atoms with E-state index in [0.29, 0.717) is 22.9 Å². The van der Waals surface area contributed by atoms with Crippen molar-refractivity contribution >= 4 is 23.1 Å². The Kier molecular flexibility index (Phi) is 4.64. The van der Waals surface area contributed by atoms with Crippen LogP contribution in [-0.4, -0.2) is 36.2 Å². The number of anilines is 3. The molecular weight excluding hydrogens is 306 g/mol. The van der Waals surface area contributed by atoms with Crippen LogP contribution in [0.4, 0.5) is 23.1 Å². The Labute approximate surface area is 131 Å². The van der Waals surface area contributed by atoms with Gasteiger partial charge in [0.05, 0.1) is 31.9 Å². The number of ether oxygens (including phenoxy) is 3. The number of rotatable bonds is 6. The molecule has 2 rings (SSSR count). The predicted molar refractivity (Wildman–Crippen MR) is 82.5 cm³/mol. The Morgan fingerprint density at radius 3 is 2.43 bits per heavy atom. The number of hydrogen-bond donors (Lipinski definition) is 2. The van der Waals surface area contributed by atoms with Gasteiger partial charge in [-0.05, 0) is 12.1 Å². The summed E-state index contributed by atoms with van der Waals surface area (Å²) < 4.78 is 15.7. The molecule has 0 aliphatic carbocycles. The molecule has 0 aliphatic rings. The number of nitrogen functional groups attached to an aromatic ring is 1. The van der Waals surface area contributed by atoms with Gasteiger partial charge in [0.1, 0.15) is 6.20 Å². The quantitative estimate of drug-likeness (QED) is 0.602. The second kappa shape index (κ2) is 6.64. The highest BCUT2D eigenvalue weighted by Gasteiger charge is 2.21. The van der Waals surface area contributed by atoms with Crippen LogP contribution in [0.25, 0.3) is 0 Å². The maximum absolute atomic E-state index is 11.1. The van der Waals surface area contributed by atoms with E-state index in [1.807, 2.05) is 0 Å². The summed E-state index contributed by atoms with van der Waals surface area (Å²) >= 11 is 0. The molecule has 1 heterocycles. The average molecular weight is 321 g/mol. The summed E-state index contributed by atoms with van der Waals surface area (Å²) in [7, 11) is 4.38. The lowest BCUT2D eigenvalue weighted by atomic mass is 10.2. The molecule has 3 N–H and O–H groups in total. The van der Waals surface area contributed by atoms with Crippen molar-refractivity contribution in [1.29, 1.82) is 0 Å². The Morgan fingerprint density at radius 1 is 1.17 bits per heavy atom. The minimum atomic E-state index is -0.616. The van der Waals surface area contributed by atoms with E-state index in [1.54, 1.807) is 12.1 Å². The number of benzene rings is 1. The summed E-state index contributed by atoms with van der Waals surface area (Å²) in [5, 5.41) is 13.9. The van der Waals surface area contributed by atoms with Gasteiger partial charge in [-0.2, -0.15) is 4.98 Å². The Hall–Kier alpha value is -3.30. The Balaban J connectivity index is 2.53. The van der Waals surface area contributed by atoms with E-state index in [0.717, 1.165) is 6.20 Å². The molecule has 0 saturated heterocycles. The zero-order valence-corrected chi connectivity index (χ0v) is 12.7. The van der Waals surface area contributed by atoms with Crippen molar-refractivity contribution in [2.24, 2.45) is 0 Å². The first kappa shape index (κ1) is 16.1. The molecule has 0 bridgehead atoms. The van der Waals surface area contributed by atoms with Crippen LogP contribution >= 0.6 is 0 Å². The van der Waals surface area contributed by atoms with Gasteiger partial charge in [0.15, 0.2) is 11.5 Å². The minimum absolute atomic E-state index is 0.0620. The zero-order chi connectivity index (χ0) is 17.0. The normalized spacial score (nSPS) is 10.0. The van der Waals surface area contributed by atoms with Crippen LogP contribution in [0.3, 0.4) is 0 Å². The van der Waals surface area contributed by atoms with Crippen LogP contribution < -0.4 is 25.3 Å². The topological polar surface area (TPSA) is 135 Å². The number of methoxy groups -OCH3 is 3. The lowest BCUT2D eigenvalue weighted by molar-refractivity contribution is -0.384. The third-order valence-corrected chi connectivity index (χ3v) is 2.94. The number of hydrogen-bond acceptors (Lipinski definition) is 9. The molecule has 0 fully saturated rings. The van der Waals surface area contributed by atoms with Gasteiger partial charge in [-0.1, -0.05) is 0 Å². The maximum Gasteiger partial charge on any atom is 0.329 e. The van der Waals surface area contributed by atoms with Gasteiger partial charge >= 0.3 is 5.69 Å². The van der Waals surface area contributed by atoms with Gasteiger partial charge in [-0.15, -0.1) is 0 Å². The number of nitrogens with zero attached hydrogens (tertiary/aromatic N) is 3. The molecule has 10 nitrogen and oxygen atoms in total. The largest absolute Gasteiger partial charge is 0.493 e. The summed E-state index contributed by atoms with van der Waals surface area (Å²) in [6.07, 6.45) is 1.03. The molecule has 1 aromatic carbocycles. The van der Waals surface area contributed by atoms with Crippen molar-refractivity contribution in [1.82, 2.24) is 9.97 Å². The van der Waals surface area contributed by atoms with E-state index >= 15 is 0 Å². The number of aromatic nitrogens is 2. The number of nitro groups is 1. The highest BCUT2D eigenvalue weighted by molar-refractivity contribution is 5.75. The Morgan fingerprint density at radius 2 is 1.87 bits per heavy atom. The molecule has 23 heavy (non-hydrogen) atoms. The fraction of sp³-hybridized carbons (Fsp3) is 0.231. The van der Waals surface area contributed by atoms with Crippen molar-refractivity contribution in [3.05, 3.63) is 28.4 Å². The average Bonchev–Trinajstić information content (AvgIpc) is 2.53. The van der Waals surface area contributed by atoms with Crippen LogP contribution in [0.2, 0.25) is 0 Å². The van der Waals surface area contributed by atoms with Gasteiger partial charge in [0.2, 0.25) is 17.5 Å². The summed E-state index contributed by atoms with van der Waals surface area (Å²) in [5.41, 5.74) is 5.56. The molecule has 0 saturated carbocycles. The van der Waals surface area contributed by atoms with Crippen molar-refractivity contribution in [3.8, 4) is 17.2 Å². The van der Waals surface area contributed by atoms with Crippen LogP contribution in [0.5, 0.6) is 17.2 Å². The summed E-state index contributed by atoms with van der Waals surface area (Å²) in [6.45, 7) is 0. The van der Waals surface area contributed by atoms with Gasteiger partial charge in [0.25, 0.3) is 0 Å². The second-order valence-electron chi connectivity index (χ2n) is 4.23. The Bertz CT molecular complexity index is 737. The maximum atomic E-state index is 11.1. The van der Waals surface area contributed by atoms with Gasteiger partial charge in [0, 0.05) is 0 Å². The molecule has 0 atom stereocenters. The molecule has 1 aromatic heterocycles. The first-order valence-electron chi connectivity index (χ1n) is 6.34. The molecule has 0 aliphatic heterocycles. The van der Waals surface area contributed by atoms with Crippen LogP contribution in [0.15, 0.2) is 18.3 Å². The van der Waals surface area contributed by atoms with Crippen molar-refractivity contribution in [2.45, 2.75) is 0 Å². The molecule has 122 valence electrons. The van der Waals surface area contributed by atoms with Crippen LogP contribution in [0, 0.1) is 10.1 Å². The van der Waals surface area contributed by atoms with E-state index in [-0.39, 0.29) is 17.5 Å². The molecule has 0 unspecified atom stereocenters. The number of nitrogens with one attached hydrogen (secondary N) is 1. The van der Waals surface area contributed by atoms with Gasteiger partial charge in [-0.3, -0.25) is 10.1 Å². The highest BCUT2D eigenvalue weighted by atomic mass is 16.6. The van der Waals surface area contributed by atoms with E-state index < -0.39 is 4.92 Å². The third kappa shape index (κ3) is 3.15. The third-order valence-electron chi connectivity index (χ3n) is 2.94. The van der Waals surface area contributed by atoms with Gasteiger partial charge in [-0.25, -0.2) is 4.98 Å². The smallest absolute Gasteiger partial charge is 0.329 e. The van der Waals surface area contributed by atoms with Crippen LogP contribution in [0.1, 0.15) is 0 Å². The minimum Gasteiger partial charge on any atom is -0.493 e. The molecule has 0 radical (unpaired) electrons. The molecule has 2 aromatic rings. The lowest BCUT2D eigenvalue weighted by Gasteiger charge is -2.16. The number of nitrogens with two attached hydrogens (primary N) is 1. The fourth-order valence-corrected chi connectivity index (χ4v) is 1.94. The van der Waals surface area contributed by atoms with Crippen LogP contribution in [-0.2, 0) is 0 Å². The predicted octanol–water partition coefficient (Wildman–Crippen LogP) is 1.74. The first-order valence-corrected chi connectivity index (χ1v) is 6.34.